The molecule has 2 aromatic rings. The monoisotopic (exact) mass is 343 g/mol. The first-order valence-electron chi connectivity index (χ1n) is 8.53. The fourth-order valence-electron chi connectivity index (χ4n) is 3.33. The minimum Gasteiger partial charge on any atom is -0.396 e. The summed E-state index contributed by atoms with van der Waals surface area (Å²) in [4.78, 5) is 17.7. The molecular formula is C19H25N3OS. The lowest BCUT2D eigenvalue weighted by Gasteiger charge is -2.36. The number of nitrogen functional groups attached to an aromatic ring is 1. The van der Waals surface area contributed by atoms with Gasteiger partial charge in [-0.05, 0) is 48.3 Å². The van der Waals surface area contributed by atoms with Crippen molar-refractivity contribution in [2.24, 2.45) is 11.3 Å². The van der Waals surface area contributed by atoms with Crippen LogP contribution >= 0.6 is 11.3 Å². The van der Waals surface area contributed by atoms with Gasteiger partial charge in [-0.1, -0.05) is 27.2 Å². The van der Waals surface area contributed by atoms with Crippen LogP contribution in [0.15, 0.2) is 24.5 Å². The first kappa shape index (κ1) is 17.0. The van der Waals surface area contributed by atoms with Crippen LogP contribution in [0.2, 0.25) is 0 Å². The summed E-state index contributed by atoms with van der Waals surface area (Å²) in [7, 11) is 0. The van der Waals surface area contributed by atoms with Gasteiger partial charge in [0.15, 0.2) is 0 Å². The van der Waals surface area contributed by atoms with Crippen LogP contribution in [0, 0.1) is 11.3 Å². The van der Waals surface area contributed by atoms with Crippen molar-refractivity contribution in [1.82, 2.24) is 4.98 Å². The van der Waals surface area contributed by atoms with Crippen LogP contribution in [-0.2, 0) is 12.8 Å². The van der Waals surface area contributed by atoms with E-state index in [9.17, 15) is 4.79 Å². The van der Waals surface area contributed by atoms with E-state index >= 15 is 0 Å². The Bertz CT molecular complexity index is 737. The molecule has 1 aliphatic carbocycles. The molecule has 1 aliphatic rings. The van der Waals surface area contributed by atoms with E-state index in [1.165, 1.54) is 23.3 Å². The van der Waals surface area contributed by atoms with Gasteiger partial charge < -0.3 is 11.1 Å². The molecule has 0 radical (unpaired) electrons. The molecule has 0 spiro atoms. The minimum atomic E-state index is -0.154. The predicted octanol–water partition coefficient (Wildman–Crippen LogP) is 4.52. The Morgan fingerprint density at radius 1 is 1.50 bits per heavy atom. The number of carbonyl (C=O) groups is 1. The lowest BCUT2D eigenvalue weighted by Crippen LogP contribution is -2.28. The molecule has 24 heavy (non-hydrogen) atoms. The second kappa shape index (κ2) is 6.55. The number of nitrogens with zero attached hydrogens (tertiary/aromatic N) is 1. The first-order valence-corrected chi connectivity index (χ1v) is 9.35. The van der Waals surface area contributed by atoms with E-state index in [4.69, 9.17) is 5.73 Å². The normalized spacial score (nSPS) is 17.4. The topological polar surface area (TPSA) is 68.0 Å². The highest BCUT2D eigenvalue weighted by molar-refractivity contribution is 7.17. The van der Waals surface area contributed by atoms with Gasteiger partial charge in [0.05, 0.1) is 11.3 Å². The second-order valence-electron chi connectivity index (χ2n) is 7.22. The van der Waals surface area contributed by atoms with Crippen LogP contribution in [0.3, 0.4) is 0 Å². The number of anilines is 2. The summed E-state index contributed by atoms with van der Waals surface area (Å²) in [6.07, 6.45) is 7.65. The van der Waals surface area contributed by atoms with Crippen molar-refractivity contribution in [2.45, 2.75) is 46.5 Å². The molecule has 0 bridgehead atoms. The number of fused-ring (bicyclic) bond motifs is 1. The molecule has 0 saturated heterocycles. The van der Waals surface area contributed by atoms with Gasteiger partial charge >= 0.3 is 0 Å². The fourth-order valence-corrected chi connectivity index (χ4v) is 4.57. The molecule has 5 heteroatoms. The van der Waals surface area contributed by atoms with Crippen LogP contribution in [0.4, 0.5) is 10.7 Å². The third-order valence-electron chi connectivity index (χ3n) is 5.47. The van der Waals surface area contributed by atoms with Crippen molar-refractivity contribution in [1.29, 1.82) is 0 Å². The number of amides is 1. The zero-order valence-electron chi connectivity index (χ0n) is 14.6. The summed E-state index contributed by atoms with van der Waals surface area (Å²) in [5.74, 6) is 0.522. The van der Waals surface area contributed by atoms with Gasteiger partial charge in [-0.3, -0.25) is 9.78 Å². The lowest BCUT2D eigenvalue weighted by atomic mass is 9.70. The quantitative estimate of drug-likeness (QED) is 0.857. The van der Waals surface area contributed by atoms with E-state index < -0.39 is 0 Å². The van der Waals surface area contributed by atoms with Crippen molar-refractivity contribution >= 4 is 27.9 Å². The second-order valence-corrected chi connectivity index (χ2v) is 8.33. The van der Waals surface area contributed by atoms with Gasteiger partial charge in [-0.25, -0.2) is 0 Å². The molecule has 3 rings (SSSR count). The predicted molar refractivity (Wildman–Crippen MR) is 101 cm³/mol. The van der Waals surface area contributed by atoms with E-state index in [2.05, 4.69) is 31.1 Å². The van der Waals surface area contributed by atoms with Gasteiger partial charge in [0.25, 0.3) is 5.91 Å². The molecule has 0 aromatic carbocycles. The smallest absolute Gasteiger partial charge is 0.257 e. The van der Waals surface area contributed by atoms with Crippen LogP contribution in [0.1, 0.15) is 54.4 Å². The average Bonchev–Trinajstić information content (AvgIpc) is 2.91. The fraction of sp³-hybridized carbons (Fsp3) is 0.474. The molecule has 0 aliphatic heterocycles. The van der Waals surface area contributed by atoms with Crippen LogP contribution in [-0.4, -0.2) is 10.9 Å². The van der Waals surface area contributed by atoms with Crippen LogP contribution in [0.25, 0.3) is 0 Å². The minimum absolute atomic E-state index is 0.154. The van der Waals surface area contributed by atoms with E-state index in [1.807, 2.05) is 0 Å². The standard InChI is InChI=1S/C19H25N3OS/c1-4-19(2,3)13-7-8-14-15(10-13)24-18(16(14)20)22-17(23)12-6-5-9-21-11-12/h5-6,9,11,13H,4,7-8,10,20H2,1-3H3,(H,22,23). The SMILES string of the molecule is CCC(C)(C)C1CCc2c(sc(NC(=O)c3cccnc3)c2N)C1. The molecule has 0 saturated carbocycles. The molecule has 128 valence electrons. The molecule has 1 atom stereocenters. The summed E-state index contributed by atoms with van der Waals surface area (Å²) in [5, 5.41) is 3.75. The summed E-state index contributed by atoms with van der Waals surface area (Å²) < 4.78 is 0. The highest BCUT2D eigenvalue weighted by Gasteiger charge is 2.33. The number of pyridine rings is 1. The van der Waals surface area contributed by atoms with Crippen molar-refractivity contribution in [3.63, 3.8) is 0 Å². The maximum absolute atomic E-state index is 12.3. The van der Waals surface area contributed by atoms with Gasteiger partial charge in [-0.15, -0.1) is 11.3 Å². The number of hydrogen-bond acceptors (Lipinski definition) is 4. The zero-order chi connectivity index (χ0) is 17.3. The summed E-state index contributed by atoms with van der Waals surface area (Å²) in [6.45, 7) is 6.97. The van der Waals surface area contributed by atoms with Crippen LogP contribution in [0.5, 0.6) is 0 Å². The van der Waals surface area contributed by atoms with Gasteiger partial charge in [0.2, 0.25) is 0 Å². The Morgan fingerprint density at radius 2 is 2.29 bits per heavy atom. The van der Waals surface area contributed by atoms with Crippen molar-refractivity contribution in [3.05, 3.63) is 40.5 Å². The van der Waals surface area contributed by atoms with E-state index in [0.717, 1.165) is 23.5 Å². The molecular weight excluding hydrogens is 318 g/mol. The molecule has 1 unspecified atom stereocenters. The molecule has 2 aromatic heterocycles. The largest absolute Gasteiger partial charge is 0.396 e. The number of aromatic nitrogens is 1. The Labute approximate surface area is 147 Å². The number of rotatable bonds is 4. The summed E-state index contributed by atoms with van der Waals surface area (Å²) in [5.41, 5.74) is 9.20. The van der Waals surface area contributed by atoms with Crippen molar-refractivity contribution < 1.29 is 4.79 Å². The number of hydrogen-bond donors (Lipinski definition) is 2. The Balaban J connectivity index is 1.80. The number of thiophene rings is 1. The Morgan fingerprint density at radius 3 is 2.96 bits per heavy atom. The third-order valence-corrected chi connectivity index (χ3v) is 6.66. The van der Waals surface area contributed by atoms with E-state index in [0.29, 0.717) is 16.9 Å². The highest BCUT2D eigenvalue weighted by Crippen LogP contribution is 2.46. The van der Waals surface area contributed by atoms with Crippen molar-refractivity contribution in [3.8, 4) is 0 Å². The number of nitrogens with two attached hydrogens (primary N) is 1. The highest BCUT2D eigenvalue weighted by atomic mass is 32.1. The van der Waals surface area contributed by atoms with E-state index in [1.54, 1.807) is 35.9 Å². The molecule has 4 nitrogen and oxygen atoms in total. The molecule has 2 heterocycles. The lowest BCUT2D eigenvalue weighted by molar-refractivity contribution is 0.102. The molecule has 3 N–H and O–H groups in total. The Hall–Kier alpha value is -1.88. The first-order chi connectivity index (χ1) is 11.4. The average molecular weight is 343 g/mol. The van der Waals surface area contributed by atoms with Gasteiger partial charge in [0, 0.05) is 17.3 Å². The Kier molecular flexibility index (Phi) is 4.63. The maximum atomic E-state index is 12.3. The third kappa shape index (κ3) is 3.18. The van der Waals surface area contributed by atoms with Gasteiger partial charge in [-0.2, -0.15) is 0 Å². The number of carbonyl (C=O) groups excluding carboxylic acids is 1. The zero-order valence-corrected chi connectivity index (χ0v) is 15.4. The van der Waals surface area contributed by atoms with Gasteiger partial charge in [0.1, 0.15) is 5.00 Å². The maximum Gasteiger partial charge on any atom is 0.257 e. The molecule has 1 amide bonds. The summed E-state index contributed by atoms with van der Waals surface area (Å²) in [6, 6.07) is 3.51. The van der Waals surface area contributed by atoms with E-state index in [-0.39, 0.29) is 5.91 Å². The number of nitrogens with one attached hydrogen (secondary N) is 1. The van der Waals surface area contributed by atoms with Crippen LogP contribution < -0.4 is 11.1 Å². The van der Waals surface area contributed by atoms with Crippen molar-refractivity contribution in [2.75, 3.05) is 11.1 Å². The summed E-state index contributed by atoms with van der Waals surface area (Å²) >= 11 is 1.64. The molecule has 0 fully saturated rings.